The van der Waals surface area contributed by atoms with Crippen LogP contribution >= 0.6 is 0 Å². The third-order valence-electron chi connectivity index (χ3n) is 5.69. The molecule has 0 radical (unpaired) electrons. The van der Waals surface area contributed by atoms with Gasteiger partial charge in [-0.05, 0) is 36.2 Å². The summed E-state index contributed by atoms with van der Waals surface area (Å²) in [6.07, 6.45) is 1.34. The van der Waals surface area contributed by atoms with E-state index in [4.69, 9.17) is 9.47 Å². The Labute approximate surface area is 197 Å². The largest absolute Gasteiger partial charge is 0.393 e. The lowest BCUT2D eigenvalue weighted by atomic mass is 10.0. The van der Waals surface area contributed by atoms with E-state index in [1.165, 1.54) is 6.07 Å². The van der Waals surface area contributed by atoms with Crippen molar-refractivity contribution in [3.8, 4) is 23.0 Å². The molecule has 178 valence electrons. The monoisotopic (exact) mass is 466 g/mol. The lowest BCUT2D eigenvalue weighted by molar-refractivity contribution is -0.0197. The van der Waals surface area contributed by atoms with Crippen LogP contribution in [0.15, 0.2) is 54.9 Å². The standard InChI is InChI=1S/C26H27FN2O5/c1-17(31)26-28-10-11-29(26)22(13-30)9-4-18-2-5-19(6-3-18)20-7-8-21(23(27)12-20)14-34-25-16-33-15-24(25)32/h2-3,5-8,10-12,17,22,24-25,30-32H,13-16H2,1H3/t17-,22?,24+,25+/m0/s1. The van der Waals surface area contributed by atoms with E-state index < -0.39 is 24.4 Å². The van der Waals surface area contributed by atoms with E-state index in [-0.39, 0.29) is 25.6 Å². The molecule has 1 aliphatic rings. The molecule has 2 aromatic carbocycles. The molecule has 4 atom stereocenters. The van der Waals surface area contributed by atoms with Crippen molar-refractivity contribution in [3.63, 3.8) is 0 Å². The third kappa shape index (κ3) is 5.53. The van der Waals surface area contributed by atoms with Gasteiger partial charge in [0.05, 0.1) is 26.4 Å². The Hall–Kier alpha value is -3.06. The number of ether oxygens (including phenoxy) is 2. The number of aromatic nitrogens is 2. The molecule has 0 bridgehead atoms. The number of hydrogen-bond donors (Lipinski definition) is 3. The molecule has 34 heavy (non-hydrogen) atoms. The first kappa shape index (κ1) is 24.1. The summed E-state index contributed by atoms with van der Waals surface area (Å²) in [7, 11) is 0. The van der Waals surface area contributed by atoms with Gasteiger partial charge in [-0.1, -0.05) is 36.1 Å². The minimum atomic E-state index is -0.771. The second kappa shape index (κ2) is 10.9. The topological polar surface area (TPSA) is 97.0 Å². The third-order valence-corrected chi connectivity index (χ3v) is 5.69. The maximum Gasteiger partial charge on any atom is 0.138 e. The molecule has 8 heteroatoms. The summed E-state index contributed by atoms with van der Waals surface area (Å²) in [6.45, 7) is 1.99. The zero-order valence-electron chi connectivity index (χ0n) is 18.8. The molecule has 1 fully saturated rings. The highest BCUT2D eigenvalue weighted by atomic mass is 19.1. The summed E-state index contributed by atoms with van der Waals surface area (Å²) in [5.41, 5.74) is 2.71. The lowest BCUT2D eigenvalue weighted by Gasteiger charge is -2.14. The fraction of sp³-hybridized carbons (Fsp3) is 0.346. The molecule has 7 nitrogen and oxygen atoms in total. The van der Waals surface area contributed by atoms with E-state index in [0.29, 0.717) is 18.0 Å². The molecule has 0 aliphatic carbocycles. The second-order valence-electron chi connectivity index (χ2n) is 8.17. The van der Waals surface area contributed by atoms with E-state index in [2.05, 4.69) is 16.8 Å². The van der Waals surface area contributed by atoms with Crippen LogP contribution in [0.25, 0.3) is 11.1 Å². The number of halogens is 1. The summed E-state index contributed by atoms with van der Waals surface area (Å²) in [5, 5.41) is 29.3. The highest BCUT2D eigenvalue weighted by Crippen LogP contribution is 2.24. The van der Waals surface area contributed by atoms with Gasteiger partial charge in [0.15, 0.2) is 0 Å². The number of rotatable bonds is 7. The predicted octanol–water partition coefficient (Wildman–Crippen LogP) is 2.60. The Balaban J connectivity index is 1.43. The maximum atomic E-state index is 14.6. The zero-order valence-corrected chi connectivity index (χ0v) is 18.8. The molecule has 4 rings (SSSR count). The average Bonchev–Trinajstić information content (AvgIpc) is 3.48. The van der Waals surface area contributed by atoms with E-state index in [1.807, 2.05) is 30.3 Å². The van der Waals surface area contributed by atoms with Crippen LogP contribution in [0.4, 0.5) is 4.39 Å². The molecular weight excluding hydrogens is 439 g/mol. The Morgan fingerprint density at radius 3 is 2.62 bits per heavy atom. The Morgan fingerprint density at radius 2 is 1.97 bits per heavy atom. The Kier molecular flexibility index (Phi) is 7.73. The van der Waals surface area contributed by atoms with Crippen LogP contribution in [0.2, 0.25) is 0 Å². The van der Waals surface area contributed by atoms with Gasteiger partial charge < -0.3 is 29.4 Å². The van der Waals surface area contributed by atoms with Gasteiger partial charge >= 0.3 is 0 Å². The average molecular weight is 467 g/mol. The molecule has 1 aliphatic heterocycles. The van der Waals surface area contributed by atoms with Crippen LogP contribution in [-0.2, 0) is 16.1 Å². The fourth-order valence-corrected chi connectivity index (χ4v) is 3.75. The second-order valence-corrected chi connectivity index (χ2v) is 8.17. The lowest BCUT2D eigenvalue weighted by Crippen LogP contribution is -2.26. The molecule has 2 heterocycles. The highest BCUT2D eigenvalue weighted by molar-refractivity contribution is 5.65. The van der Waals surface area contributed by atoms with E-state index >= 15 is 0 Å². The van der Waals surface area contributed by atoms with Crippen molar-refractivity contribution in [3.05, 3.63) is 77.6 Å². The van der Waals surface area contributed by atoms with E-state index in [1.54, 1.807) is 30.0 Å². The van der Waals surface area contributed by atoms with Crippen molar-refractivity contribution < 1.29 is 29.2 Å². The van der Waals surface area contributed by atoms with Crippen molar-refractivity contribution >= 4 is 0 Å². The minimum absolute atomic E-state index is 0.0610. The summed E-state index contributed by atoms with van der Waals surface area (Å²) in [6, 6.07) is 11.8. The van der Waals surface area contributed by atoms with Crippen molar-refractivity contribution in [2.75, 3.05) is 19.8 Å². The minimum Gasteiger partial charge on any atom is -0.393 e. The predicted molar refractivity (Wildman–Crippen MR) is 123 cm³/mol. The molecule has 0 spiro atoms. The molecule has 3 N–H and O–H groups in total. The SMILES string of the molecule is C[C@H](O)c1nccn1C(C#Cc1ccc(-c2ccc(CO[C@@H]3COC[C@H]3O)c(F)c2)cc1)CO. The molecule has 0 saturated carbocycles. The first-order valence-corrected chi connectivity index (χ1v) is 11.1. The van der Waals surface area contributed by atoms with Crippen molar-refractivity contribution in [2.24, 2.45) is 0 Å². The summed E-state index contributed by atoms with van der Waals surface area (Å²) < 4.78 is 27.0. The number of hydrogen-bond acceptors (Lipinski definition) is 6. The van der Waals surface area contributed by atoms with Gasteiger partial charge in [0.2, 0.25) is 0 Å². The van der Waals surface area contributed by atoms with Crippen LogP contribution < -0.4 is 0 Å². The summed E-state index contributed by atoms with van der Waals surface area (Å²) >= 11 is 0. The number of benzene rings is 2. The van der Waals surface area contributed by atoms with Crippen LogP contribution in [0.5, 0.6) is 0 Å². The first-order chi connectivity index (χ1) is 16.5. The van der Waals surface area contributed by atoms with E-state index in [0.717, 1.165) is 16.7 Å². The molecule has 1 unspecified atom stereocenters. The van der Waals surface area contributed by atoms with Crippen LogP contribution in [0.3, 0.4) is 0 Å². The molecule has 0 amide bonds. The summed E-state index contributed by atoms with van der Waals surface area (Å²) in [4.78, 5) is 4.11. The smallest absolute Gasteiger partial charge is 0.138 e. The quantitative estimate of drug-likeness (QED) is 0.463. The van der Waals surface area contributed by atoms with Gasteiger partial charge in [-0.3, -0.25) is 0 Å². The number of aliphatic hydroxyl groups is 3. The molecule has 1 saturated heterocycles. The van der Waals surface area contributed by atoms with Crippen LogP contribution in [0, 0.1) is 17.7 Å². The number of imidazole rings is 1. The van der Waals surface area contributed by atoms with Crippen molar-refractivity contribution in [1.82, 2.24) is 9.55 Å². The zero-order chi connectivity index (χ0) is 24.1. The Bertz CT molecular complexity index is 1170. The normalized spacial score (nSPS) is 19.4. The van der Waals surface area contributed by atoms with Gasteiger partial charge in [0.25, 0.3) is 0 Å². The molecular formula is C26H27FN2O5. The van der Waals surface area contributed by atoms with Gasteiger partial charge in [-0.2, -0.15) is 0 Å². The van der Waals surface area contributed by atoms with Crippen molar-refractivity contribution in [2.45, 2.75) is 37.9 Å². The fourth-order valence-electron chi connectivity index (χ4n) is 3.75. The van der Waals surface area contributed by atoms with Crippen LogP contribution in [-0.4, -0.2) is 56.9 Å². The van der Waals surface area contributed by atoms with Gasteiger partial charge in [-0.25, -0.2) is 9.37 Å². The summed E-state index contributed by atoms with van der Waals surface area (Å²) in [5.74, 6) is 6.10. The molecule has 1 aromatic heterocycles. The van der Waals surface area contributed by atoms with Gasteiger partial charge in [0.1, 0.15) is 36.0 Å². The maximum absolute atomic E-state index is 14.6. The van der Waals surface area contributed by atoms with Crippen molar-refractivity contribution in [1.29, 1.82) is 0 Å². The number of aliphatic hydroxyl groups excluding tert-OH is 3. The highest BCUT2D eigenvalue weighted by Gasteiger charge is 2.27. The van der Waals surface area contributed by atoms with E-state index in [9.17, 15) is 19.7 Å². The molecule has 3 aromatic rings. The number of nitrogens with zero attached hydrogens (tertiary/aromatic N) is 2. The van der Waals surface area contributed by atoms with Gasteiger partial charge in [-0.15, -0.1) is 0 Å². The Morgan fingerprint density at radius 1 is 1.21 bits per heavy atom. The van der Waals surface area contributed by atoms with Gasteiger partial charge in [0, 0.05) is 23.5 Å². The van der Waals surface area contributed by atoms with Crippen LogP contribution in [0.1, 0.15) is 36.0 Å². The first-order valence-electron chi connectivity index (χ1n) is 11.1.